The first-order valence-electron chi connectivity index (χ1n) is 9.30. The highest BCUT2D eigenvalue weighted by molar-refractivity contribution is 5.43. The fourth-order valence-corrected chi connectivity index (χ4v) is 2.92. The van der Waals surface area contributed by atoms with Crippen LogP contribution in [0.5, 0.6) is 0 Å². The highest BCUT2D eigenvalue weighted by Crippen LogP contribution is 2.09. The predicted octanol–water partition coefficient (Wildman–Crippen LogP) is 3.20. The second kappa shape index (κ2) is 7.96. The highest BCUT2D eigenvalue weighted by Gasteiger charge is 2.08. The van der Waals surface area contributed by atoms with Gasteiger partial charge in [-0.05, 0) is 29.7 Å². The minimum Gasteiger partial charge on any atom is -0.379 e. The van der Waals surface area contributed by atoms with Crippen molar-refractivity contribution in [1.29, 1.82) is 0 Å². The van der Waals surface area contributed by atoms with Gasteiger partial charge in [0.15, 0.2) is 0 Å². The Morgan fingerprint density at radius 1 is 0.929 bits per heavy atom. The first-order chi connectivity index (χ1) is 13.7. The lowest BCUT2D eigenvalue weighted by molar-refractivity contribution is 0.874. The zero-order chi connectivity index (χ0) is 19.3. The summed E-state index contributed by atoms with van der Waals surface area (Å²) >= 11 is 0. The monoisotopic (exact) mass is 374 g/mol. The molecule has 0 saturated heterocycles. The standard InChI is InChI=1S/C21H22N6O/c1-2-15-8-10-16(11-9-15)13-23-20-25-21-24-18(12-19(28)27(21)26-20)14-22-17-6-4-3-5-7-17/h3-12,22H,2,13-14H2,1H3,(H2,23,24,25,26). The molecule has 0 fully saturated rings. The Hall–Kier alpha value is -3.61. The maximum atomic E-state index is 12.4. The molecule has 28 heavy (non-hydrogen) atoms. The molecule has 0 unspecified atom stereocenters. The molecule has 142 valence electrons. The van der Waals surface area contributed by atoms with Crippen LogP contribution >= 0.6 is 0 Å². The number of nitrogens with zero attached hydrogens (tertiary/aromatic N) is 3. The summed E-state index contributed by atoms with van der Waals surface area (Å²) in [5.41, 5.74) is 3.87. The number of H-pyrrole nitrogens is 1. The number of hydrogen-bond donors (Lipinski definition) is 3. The van der Waals surface area contributed by atoms with Gasteiger partial charge in [-0.1, -0.05) is 49.4 Å². The summed E-state index contributed by atoms with van der Waals surface area (Å²) < 4.78 is 1.34. The molecule has 2 heterocycles. The molecule has 4 aromatic rings. The van der Waals surface area contributed by atoms with Crippen molar-refractivity contribution in [3.05, 3.63) is 87.8 Å². The van der Waals surface area contributed by atoms with E-state index in [1.165, 1.54) is 16.1 Å². The van der Waals surface area contributed by atoms with E-state index in [1.54, 1.807) is 0 Å². The lowest BCUT2D eigenvalue weighted by Crippen LogP contribution is -2.17. The summed E-state index contributed by atoms with van der Waals surface area (Å²) in [5.74, 6) is 0.860. The van der Waals surface area contributed by atoms with Crippen LogP contribution in [0.3, 0.4) is 0 Å². The molecular formula is C21H22N6O. The molecule has 7 heteroatoms. The normalized spacial score (nSPS) is 10.9. The Morgan fingerprint density at radius 2 is 1.68 bits per heavy atom. The zero-order valence-corrected chi connectivity index (χ0v) is 15.6. The topological polar surface area (TPSA) is 87.1 Å². The molecule has 0 bridgehead atoms. The number of rotatable bonds is 7. The molecule has 7 nitrogen and oxygen atoms in total. The quantitative estimate of drug-likeness (QED) is 0.462. The smallest absolute Gasteiger partial charge is 0.274 e. The molecule has 3 N–H and O–H groups in total. The first kappa shape index (κ1) is 17.8. The molecule has 0 spiro atoms. The fourth-order valence-electron chi connectivity index (χ4n) is 2.92. The first-order valence-corrected chi connectivity index (χ1v) is 9.30. The summed E-state index contributed by atoms with van der Waals surface area (Å²) in [5, 5.41) is 9.42. The summed E-state index contributed by atoms with van der Waals surface area (Å²) in [6, 6.07) is 19.7. The van der Waals surface area contributed by atoms with E-state index in [0.717, 1.165) is 17.7 Å². The van der Waals surface area contributed by atoms with Gasteiger partial charge in [-0.2, -0.15) is 9.50 Å². The summed E-state index contributed by atoms with van der Waals surface area (Å²) in [6.07, 6.45) is 1.02. The van der Waals surface area contributed by atoms with Gasteiger partial charge in [-0.25, -0.2) is 4.98 Å². The summed E-state index contributed by atoms with van der Waals surface area (Å²) in [6.45, 7) is 3.20. The highest BCUT2D eigenvalue weighted by atomic mass is 16.1. The van der Waals surface area contributed by atoms with Gasteiger partial charge >= 0.3 is 0 Å². The van der Waals surface area contributed by atoms with Gasteiger partial charge in [0.2, 0.25) is 5.95 Å². The van der Waals surface area contributed by atoms with Crippen LogP contribution in [-0.2, 0) is 19.5 Å². The molecule has 0 aliphatic carbocycles. The van der Waals surface area contributed by atoms with Crippen LogP contribution < -0.4 is 16.2 Å². The fraction of sp³-hybridized carbons (Fsp3) is 0.190. The van der Waals surface area contributed by atoms with Gasteiger partial charge in [-0.15, -0.1) is 0 Å². The van der Waals surface area contributed by atoms with Crippen molar-refractivity contribution in [3.63, 3.8) is 0 Å². The van der Waals surface area contributed by atoms with Crippen molar-refractivity contribution in [2.45, 2.75) is 26.4 Å². The number of nitrogens with one attached hydrogen (secondary N) is 3. The molecular weight excluding hydrogens is 352 g/mol. The van der Waals surface area contributed by atoms with E-state index in [-0.39, 0.29) is 5.56 Å². The lowest BCUT2D eigenvalue weighted by Gasteiger charge is -2.05. The third kappa shape index (κ3) is 4.03. The third-order valence-electron chi connectivity index (χ3n) is 4.52. The summed E-state index contributed by atoms with van der Waals surface area (Å²) in [4.78, 5) is 21.2. The maximum absolute atomic E-state index is 12.4. The van der Waals surface area contributed by atoms with E-state index in [2.05, 4.69) is 56.9 Å². The largest absolute Gasteiger partial charge is 0.379 e. The summed E-state index contributed by atoms with van der Waals surface area (Å²) in [7, 11) is 0. The second-order valence-corrected chi connectivity index (χ2v) is 6.54. The van der Waals surface area contributed by atoms with Gasteiger partial charge < -0.3 is 10.6 Å². The van der Waals surface area contributed by atoms with Crippen molar-refractivity contribution in [2.75, 3.05) is 10.6 Å². The van der Waals surface area contributed by atoms with Gasteiger partial charge in [0, 0.05) is 18.3 Å². The van der Waals surface area contributed by atoms with Crippen molar-refractivity contribution in [2.24, 2.45) is 0 Å². The number of anilines is 2. The van der Waals surface area contributed by atoms with Gasteiger partial charge in [0.1, 0.15) is 0 Å². The zero-order valence-electron chi connectivity index (χ0n) is 15.6. The predicted molar refractivity (Wildman–Crippen MR) is 111 cm³/mol. The Labute approximate surface area is 162 Å². The van der Waals surface area contributed by atoms with Crippen LogP contribution in [0.1, 0.15) is 23.7 Å². The van der Waals surface area contributed by atoms with Gasteiger partial charge in [0.05, 0.1) is 12.2 Å². The third-order valence-corrected chi connectivity index (χ3v) is 4.52. The van der Waals surface area contributed by atoms with Crippen molar-refractivity contribution in [3.8, 4) is 0 Å². The number of aromatic nitrogens is 4. The average Bonchev–Trinajstić information content (AvgIpc) is 3.15. The Morgan fingerprint density at radius 3 is 2.43 bits per heavy atom. The van der Waals surface area contributed by atoms with E-state index in [0.29, 0.717) is 30.5 Å². The van der Waals surface area contributed by atoms with Crippen molar-refractivity contribution in [1.82, 2.24) is 19.6 Å². The molecule has 0 amide bonds. The van der Waals surface area contributed by atoms with Crippen LogP contribution in [0.15, 0.2) is 65.5 Å². The van der Waals surface area contributed by atoms with Crippen LogP contribution in [0.4, 0.5) is 11.6 Å². The number of benzene rings is 2. The van der Waals surface area contributed by atoms with Crippen molar-refractivity contribution >= 4 is 17.4 Å². The van der Waals surface area contributed by atoms with Gasteiger partial charge in [-0.3, -0.25) is 9.89 Å². The molecule has 2 aromatic carbocycles. The van der Waals surface area contributed by atoms with Crippen LogP contribution in [-0.4, -0.2) is 19.6 Å². The number of aromatic amines is 1. The SMILES string of the molecule is CCc1ccc(CNc2nc3nc(CNc4ccccc4)cc(=O)n3[nH]2)cc1. The number of para-hydroxylation sites is 1. The van der Waals surface area contributed by atoms with Gasteiger partial charge in [0.25, 0.3) is 11.3 Å². The van der Waals surface area contributed by atoms with E-state index >= 15 is 0 Å². The second-order valence-electron chi connectivity index (χ2n) is 6.54. The van der Waals surface area contributed by atoms with E-state index in [9.17, 15) is 4.79 Å². The van der Waals surface area contributed by atoms with Crippen LogP contribution in [0.2, 0.25) is 0 Å². The maximum Gasteiger partial charge on any atom is 0.274 e. The minimum atomic E-state index is -0.192. The molecule has 0 aliphatic rings. The van der Waals surface area contributed by atoms with Crippen LogP contribution in [0.25, 0.3) is 5.78 Å². The van der Waals surface area contributed by atoms with E-state index in [4.69, 9.17) is 0 Å². The number of fused-ring (bicyclic) bond motifs is 1. The molecule has 0 aliphatic heterocycles. The Kier molecular flexibility index (Phi) is 5.05. The minimum absolute atomic E-state index is 0.192. The Balaban J connectivity index is 1.47. The molecule has 0 atom stereocenters. The molecule has 2 aromatic heterocycles. The molecule has 0 saturated carbocycles. The number of aryl methyl sites for hydroxylation is 1. The van der Waals surface area contributed by atoms with Crippen molar-refractivity contribution < 1.29 is 0 Å². The lowest BCUT2D eigenvalue weighted by atomic mass is 10.1. The molecule has 4 rings (SSSR count). The Bertz CT molecular complexity index is 1120. The average molecular weight is 374 g/mol. The molecule has 0 radical (unpaired) electrons. The van der Waals surface area contributed by atoms with Crippen LogP contribution in [0, 0.1) is 0 Å². The van der Waals surface area contributed by atoms with E-state index < -0.39 is 0 Å². The van der Waals surface area contributed by atoms with E-state index in [1.807, 2.05) is 30.3 Å². The number of hydrogen-bond acceptors (Lipinski definition) is 5.